The van der Waals surface area contributed by atoms with E-state index in [1.807, 2.05) is 13.1 Å². The monoisotopic (exact) mass is 235 g/mol. The van der Waals surface area contributed by atoms with E-state index in [1.165, 1.54) is 18.4 Å². The molecule has 1 aromatic heterocycles. The Hall–Kier alpha value is -1.29. The van der Waals surface area contributed by atoms with Gasteiger partial charge in [-0.2, -0.15) is 0 Å². The lowest BCUT2D eigenvalue weighted by atomic mass is 10.3. The molecule has 1 aliphatic rings. The summed E-state index contributed by atoms with van der Waals surface area (Å²) in [6.07, 6.45) is 7.35. The first kappa shape index (κ1) is 12.2. The molecule has 94 valence electrons. The first-order valence-corrected chi connectivity index (χ1v) is 6.42. The fraction of sp³-hybridized carbons (Fsp3) is 0.615. The van der Waals surface area contributed by atoms with Gasteiger partial charge in [-0.15, -0.1) is 0 Å². The van der Waals surface area contributed by atoms with Crippen molar-refractivity contribution >= 4 is 5.91 Å². The van der Waals surface area contributed by atoms with Crippen molar-refractivity contribution in [3.8, 4) is 0 Å². The van der Waals surface area contributed by atoms with Gasteiger partial charge in [0.1, 0.15) is 0 Å². The smallest absolute Gasteiger partial charge is 0.221 e. The van der Waals surface area contributed by atoms with Gasteiger partial charge in [-0.05, 0) is 31.4 Å². The molecule has 4 nitrogen and oxygen atoms in total. The van der Waals surface area contributed by atoms with E-state index in [0.717, 1.165) is 19.1 Å². The predicted molar refractivity (Wildman–Crippen MR) is 67.6 cm³/mol. The number of hydrogen-bond donors (Lipinski definition) is 2. The summed E-state index contributed by atoms with van der Waals surface area (Å²) in [5.41, 5.74) is 1.30. The zero-order chi connectivity index (χ0) is 12.1. The van der Waals surface area contributed by atoms with Crippen LogP contribution in [0.5, 0.6) is 0 Å². The molecular weight excluding hydrogens is 214 g/mol. The third kappa shape index (κ3) is 4.23. The summed E-state index contributed by atoms with van der Waals surface area (Å²) in [5.74, 6) is 0.124. The lowest BCUT2D eigenvalue weighted by Gasteiger charge is -2.03. The molecule has 0 unspecified atom stereocenters. The standard InChI is InChI=1S/C13H21N3O/c1-2-14-13(17)6-8-16-7-5-11(10-16)9-15-12-3-4-12/h5,7,10,12,15H,2-4,6,8-9H2,1H3,(H,14,17). The van der Waals surface area contributed by atoms with Crippen LogP contribution in [0.3, 0.4) is 0 Å². The lowest BCUT2D eigenvalue weighted by molar-refractivity contribution is -0.121. The average molecular weight is 235 g/mol. The second-order valence-electron chi connectivity index (χ2n) is 4.62. The number of aryl methyl sites for hydroxylation is 1. The highest BCUT2D eigenvalue weighted by molar-refractivity contribution is 5.75. The van der Waals surface area contributed by atoms with E-state index >= 15 is 0 Å². The molecule has 1 aromatic rings. The van der Waals surface area contributed by atoms with Crippen LogP contribution in [0.15, 0.2) is 18.5 Å². The van der Waals surface area contributed by atoms with Gasteiger partial charge in [-0.25, -0.2) is 0 Å². The molecule has 2 N–H and O–H groups in total. The topological polar surface area (TPSA) is 46.1 Å². The molecule has 0 saturated heterocycles. The molecule has 17 heavy (non-hydrogen) atoms. The molecule has 0 atom stereocenters. The van der Waals surface area contributed by atoms with E-state index < -0.39 is 0 Å². The third-order valence-corrected chi connectivity index (χ3v) is 2.95. The van der Waals surface area contributed by atoms with Gasteiger partial charge < -0.3 is 15.2 Å². The number of aromatic nitrogens is 1. The van der Waals surface area contributed by atoms with Crippen molar-refractivity contribution in [3.05, 3.63) is 24.0 Å². The van der Waals surface area contributed by atoms with Gasteiger partial charge in [0.15, 0.2) is 0 Å². The first-order chi connectivity index (χ1) is 8.28. The molecule has 0 spiro atoms. The second kappa shape index (κ2) is 5.87. The Morgan fingerprint density at radius 1 is 1.53 bits per heavy atom. The number of nitrogens with one attached hydrogen (secondary N) is 2. The van der Waals surface area contributed by atoms with E-state index in [-0.39, 0.29) is 5.91 Å². The van der Waals surface area contributed by atoms with Crippen molar-refractivity contribution in [2.24, 2.45) is 0 Å². The molecule has 0 aromatic carbocycles. The molecule has 1 aliphatic carbocycles. The van der Waals surface area contributed by atoms with Crippen molar-refractivity contribution in [2.45, 2.75) is 45.3 Å². The van der Waals surface area contributed by atoms with Crippen LogP contribution in [-0.4, -0.2) is 23.1 Å². The number of carbonyl (C=O) groups excluding carboxylic acids is 1. The van der Waals surface area contributed by atoms with Crippen LogP contribution in [0, 0.1) is 0 Å². The minimum absolute atomic E-state index is 0.124. The van der Waals surface area contributed by atoms with Crippen LogP contribution in [0.25, 0.3) is 0 Å². The molecule has 2 rings (SSSR count). The summed E-state index contributed by atoms with van der Waals surface area (Å²) in [6.45, 7) is 4.35. The van der Waals surface area contributed by atoms with Crippen LogP contribution in [0.1, 0.15) is 31.7 Å². The van der Waals surface area contributed by atoms with Gasteiger partial charge in [0, 0.05) is 44.5 Å². The number of amides is 1. The number of carbonyl (C=O) groups is 1. The van der Waals surface area contributed by atoms with Crippen molar-refractivity contribution in [3.63, 3.8) is 0 Å². The maximum atomic E-state index is 11.3. The molecule has 1 fully saturated rings. The summed E-state index contributed by atoms with van der Waals surface area (Å²) in [5, 5.41) is 6.29. The quantitative estimate of drug-likeness (QED) is 0.747. The summed E-state index contributed by atoms with van der Waals surface area (Å²) in [6, 6.07) is 2.86. The Morgan fingerprint density at radius 2 is 2.35 bits per heavy atom. The lowest BCUT2D eigenvalue weighted by Crippen LogP contribution is -2.23. The average Bonchev–Trinajstić information content (AvgIpc) is 3.03. The zero-order valence-electron chi connectivity index (χ0n) is 10.4. The van der Waals surface area contributed by atoms with E-state index in [4.69, 9.17) is 0 Å². The van der Waals surface area contributed by atoms with Gasteiger partial charge in [-0.1, -0.05) is 0 Å². The Kier molecular flexibility index (Phi) is 4.20. The second-order valence-corrected chi connectivity index (χ2v) is 4.62. The van der Waals surface area contributed by atoms with E-state index in [2.05, 4.69) is 27.5 Å². The Labute approximate surface area is 102 Å². The summed E-state index contributed by atoms with van der Waals surface area (Å²) in [4.78, 5) is 11.3. The molecule has 1 saturated carbocycles. The van der Waals surface area contributed by atoms with Crippen LogP contribution in [0.4, 0.5) is 0 Å². The van der Waals surface area contributed by atoms with Gasteiger partial charge >= 0.3 is 0 Å². The maximum absolute atomic E-state index is 11.3. The van der Waals surface area contributed by atoms with E-state index in [1.54, 1.807) is 0 Å². The molecule has 1 amide bonds. The summed E-state index contributed by atoms with van der Waals surface area (Å²) >= 11 is 0. The van der Waals surface area contributed by atoms with E-state index in [0.29, 0.717) is 13.0 Å². The summed E-state index contributed by atoms with van der Waals surface area (Å²) < 4.78 is 2.08. The van der Waals surface area contributed by atoms with Crippen molar-refractivity contribution < 1.29 is 4.79 Å². The Balaban J connectivity index is 1.71. The van der Waals surface area contributed by atoms with Crippen LogP contribution >= 0.6 is 0 Å². The third-order valence-electron chi connectivity index (χ3n) is 2.95. The highest BCUT2D eigenvalue weighted by Crippen LogP contribution is 2.19. The predicted octanol–water partition coefficient (Wildman–Crippen LogP) is 1.27. The highest BCUT2D eigenvalue weighted by atomic mass is 16.1. The Bertz CT molecular complexity index is 368. The van der Waals surface area contributed by atoms with Crippen molar-refractivity contribution in [2.75, 3.05) is 6.54 Å². The van der Waals surface area contributed by atoms with Gasteiger partial charge in [0.2, 0.25) is 5.91 Å². The Morgan fingerprint density at radius 3 is 3.06 bits per heavy atom. The minimum atomic E-state index is 0.124. The van der Waals surface area contributed by atoms with Crippen LogP contribution in [-0.2, 0) is 17.9 Å². The molecule has 0 radical (unpaired) electrons. The highest BCUT2D eigenvalue weighted by Gasteiger charge is 2.19. The number of hydrogen-bond acceptors (Lipinski definition) is 2. The first-order valence-electron chi connectivity index (χ1n) is 6.42. The fourth-order valence-electron chi connectivity index (χ4n) is 1.80. The van der Waals surface area contributed by atoms with Gasteiger partial charge in [0.25, 0.3) is 0 Å². The molecule has 1 heterocycles. The van der Waals surface area contributed by atoms with Gasteiger partial charge in [0.05, 0.1) is 0 Å². The minimum Gasteiger partial charge on any atom is -0.356 e. The SMILES string of the molecule is CCNC(=O)CCn1ccc(CNC2CC2)c1. The van der Waals surface area contributed by atoms with Crippen molar-refractivity contribution in [1.82, 2.24) is 15.2 Å². The normalized spacial score (nSPS) is 14.9. The van der Waals surface area contributed by atoms with Crippen molar-refractivity contribution in [1.29, 1.82) is 0 Å². The number of nitrogens with zero attached hydrogens (tertiary/aromatic N) is 1. The maximum Gasteiger partial charge on any atom is 0.221 e. The van der Waals surface area contributed by atoms with E-state index in [9.17, 15) is 4.79 Å². The molecule has 0 bridgehead atoms. The van der Waals surface area contributed by atoms with Crippen LogP contribution < -0.4 is 10.6 Å². The number of rotatable bonds is 7. The fourth-order valence-corrected chi connectivity index (χ4v) is 1.80. The largest absolute Gasteiger partial charge is 0.356 e. The molecule has 4 heteroatoms. The van der Waals surface area contributed by atoms with Gasteiger partial charge in [-0.3, -0.25) is 4.79 Å². The molecule has 0 aliphatic heterocycles. The molecular formula is C13H21N3O. The summed E-state index contributed by atoms with van der Waals surface area (Å²) in [7, 11) is 0. The zero-order valence-corrected chi connectivity index (χ0v) is 10.4. The van der Waals surface area contributed by atoms with Crippen LogP contribution in [0.2, 0.25) is 0 Å².